The zero-order chi connectivity index (χ0) is 20.5. The predicted octanol–water partition coefficient (Wildman–Crippen LogP) is 3.41. The maximum absolute atomic E-state index is 11.9. The molecule has 0 fully saturated rings. The van der Waals surface area contributed by atoms with Crippen LogP contribution in [0.15, 0.2) is 53.4 Å². The van der Waals surface area contributed by atoms with Gasteiger partial charge in [0.25, 0.3) is 0 Å². The number of aromatic nitrogens is 2. The Labute approximate surface area is 162 Å². The Kier molecular flexibility index (Phi) is 5.19. The van der Waals surface area contributed by atoms with Crippen molar-refractivity contribution >= 4 is 21.2 Å². The van der Waals surface area contributed by atoms with Gasteiger partial charge in [0, 0.05) is 24.1 Å². The van der Waals surface area contributed by atoms with E-state index in [9.17, 15) is 18.5 Å². The van der Waals surface area contributed by atoms with Gasteiger partial charge in [0.05, 0.1) is 16.3 Å². The molecule has 9 heteroatoms. The number of para-hydroxylation sites is 2. The lowest BCUT2D eigenvalue weighted by molar-refractivity contribution is -0.386. The molecule has 0 atom stereocenters. The van der Waals surface area contributed by atoms with Crippen LogP contribution in [0.4, 0.5) is 11.4 Å². The molecule has 1 aromatic heterocycles. The van der Waals surface area contributed by atoms with Crippen LogP contribution < -0.4 is 5.32 Å². The van der Waals surface area contributed by atoms with E-state index in [1.165, 1.54) is 18.2 Å². The molecule has 0 aliphatic carbocycles. The lowest BCUT2D eigenvalue weighted by Crippen LogP contribution is -2.08. The van der Waals surface area contributed by atoms with Crippen molar-refractivity contribution in [1.82, 2.24) is 9.78 Å². The van der Waals surface area contributed by atoms with Gasteiger partial charge in [-0.05, 0) is 38.1 Å². The van der Waals surface area contributed by atoms with Crippen molar-refractivity contribution in [2.75, 3.05) is 11.6 Å². The summed E-state index contributed by atoms with van der Waals surface area (Å²) in [6.07, 6.45) is 0.956. The summed E-state index contributed by atoms with van der Waals surface area (Å²) in [6.45, 7) is 4.06. The molecule has 3 rings (SSSR count). The smallest absolute Gasteiger partial charge is 0.310 e. The maximum Gasteiger partial charge on any atom is 0.310 e. The minimum Gasteiger partial charge on any atom is -0.375 e. The number of aryl methyl sites for hydroxylation is 1. The molecule has 1 heterocycles. The summed E-state index contributed by atoms with van der Waals surface area (Å²) in [6, 6.07) is 13.9. The predicted molar refractivity (Wildman–Crippen MR) is 107 cm³/mol. The Morgan fingerprint density at radius 2 is 1.79 bits per heavy atom. The highest BCUT2D eigenvalue weighted by molar-refractivity contribution is 7.90. The topological polar surface area (TPSA) is 107 Å². The van der Waals surface area contributed by atoms with Gasteiger partial charge in [-0.3, -0.25) is 10.1 Å². The Balaban J connectivity index is 1.96. The normalized spacial score (nSPS) is 11.4. The molecule has 0 saturated carbocycles. The first-order valence-electron chi connectivity index (χ1n) is 8.52. The minimum absolute atomic E-state index is 0.152. The molecule has 1 N–H and O–H groups in total. The SMILES string of the molecule is Cc1nn(-c2ccccc2)c(C)c1CNc1cccc(S(C)(=O)=O)c1[N+](=O)[O-]. The Bertz CT molecular complexity index is 1140. The van der Waals surface area contributed by atoms with E-state index in [2.05, 4.69) is 10.4 Å². The molecular weight excluding hydrogens is 380 g/mol. The fraction of sp³-hybridized carbons (Fsp3) is 0.211. The van der Waals surface area contributed by atoms with Crippen LogP contribution in [0.5, 0.6) is 0 Å². The lowest BCUT2D eigenvalue weighted by Gasteiger charge is -2.10. The molecule has 0 aliphatic heterocycles. The van der Waals surface area contributed by atoms with E-state index < -0.39 is 20.4 Å². The van der Waals surface area contributed by atoms with Crippen LogP contribution in [0.3, 0.4) is 0 Å². The van der Waals surface area contributed by atoms with Crippen molar-refractivity contribution in [1.29, 1.82) is 0 Å². The summed E-state index contributed by atoms with van der Waals surface area (Å²) in [5, 5.41) is 19.1. The highest BCUT2D eigenvalue weighted by Gasteiger charge is 2.26. The van der Waals surface area contributed by atoms with E-state index in [1.54, 1.807) is 0 Å². The molecule has 146 valence electrons. The van der Waals surface area contributed by atoms with Gasteiger partial charge in [-0.1, -0.05) is 24.3 Å². The molecule has 0 radical (unpaired) electrons. The third-order valence-electron chi connectivity index (χ3n) is 4.48. The van der Waals surface area contributed by atoms with Crippen LogP contribution >= 0.6 is 0 Å². The number of anilines is 1. The summed E-state index contributed by atoms with van der Waals surface area (Å²) in [7, 11) is -3.73. The average molecular weight is 400 g/mol. The summed E-state index contributed by atoms with van der Waals surface area (Å²) >= 11 is 0. The molecule has 0 amide bonds. The number of nitrogens with zero attached hydrogens (tertiary/aromatic N) is 3. The summed E-state index contributed by atoms with van der Waals surface area (Å²) in [5.74, 6) is 0. The van der Waals surface area contributed by atoms with E-state index in [0.29, 0.717) is 0 Å². The first-order valence-corrected chi connectivity index (χ1v) is 10.4. The van der Waals surface area contributed by atoms with Gasteiger partial charge in [-0.2, -0.15) is 5.10 Å². The molecule has 8 nitrogen and oxygen atoms in total. The van der Waals surface area contributed by atoms with Gasteiger partial charge in [0.1, 0.15) is 10.6 Å². The van der Waals surface area contributed by atoms with Gasteiger partial charge >= 0.3 is 5.69 Å². The Morgan fingerprint density at radius 1 is 1.11 bits per heavy atom. The fourth-order valence-electron chi connectivity index (χ4n) is 3.09. The molecule has 2 aromatic carbocycles. The number of nitro benzene ring substituents is 1. The molecular formula is C19H20N4O4S. The fourth-order valence-corrected chi connectivity index (χ4v) is 3.95. The molecule has 0 saturated heterocycles. The van der Waals surface area contributed by atoms with Crippen LogP contribution in [0.2, 0.25) is 0 Å². The third-order valence-corrected chi connectivity index (χ3v) is 5.61. The van der Waals surface area contributed by atoms with Crippen LogP contribution in [0.1, 0.15) is 17.0 Å². The standard InChI is InChI=1S/C19H20N4O4S/c1-13-16(14(2)22(21-13)15-8-5-4-6-9-15)12-20-17-10-7-11-18(28(3,26)27)19(17)23(24)25/h4-11,20H,12H2,1-3H3. The van der Waals surface area contributed by atoms with E-state index in [1.807, 2.05) is 48.9 Å². The van der Waals surface area contributed by atoms with Crippen molar-refractivity contribution in [2.45, 2.75) is 25.3 Å². The van der Waals surface area contributed by atoms with Gasteiger partial charge in [0.15, 0.2) is 9.84 Å². The van der Waals surface area contributed by atoms with Crippen LogP contribution in [0.25, 0.3) is 5.69 Å². The second kappa shape index (κ2) is 7.43. The molecule has 0 bridgehead atoms. The van der Waals surface area contributed by atoms with Crippen LogP contribution in [0, 0.1) is 24.0 Å². The molecule has 3 aromatic rings. The summed E-state index contributed by atoms with van der Waals surface area (Å²) in [4.78, 5) is 10.5. The van der Waals surface area contributed by atoms with Gasteiger partial charge in [-0.25, -0.2) is 13.1 Å². The van der Waals surface area contributed by atoms with Crippen LogP contribution in [-0.2, 0) is 16.4 Å². The van der Waals surface area contributed by atoms with Crippen molar-refractivity contribution in [3.8, 4) is 5.69 Å². The van der Waals surface area contributed by atoms with Crippen molar-refractivity contribution in [2.24, 2.45) is 0 Å². The van der Waals surface area contributed by atoms with Gasteiger partial charge in [-0.15, -0.1) is 0 Å². The first kappa shape index (κ1) is 19.6. The van der Waals surface area contributed by atoms with Gasteiger partial charge < -0.3 is 5.32 Å². The summed E-state index contributed by atoms with van der Waals surface area (Å²) < 4.78 is 25.6. The van der Waals surface area contributed by atoms with E-state index in [-0.39, 0.29) is 17.1 Å². The third kappa shape index (κ3) is 3.74. The highest BCUT2D eigenvalue weighted by Crippen LogP contribution is 2.32. The second-order valence-corrected chi connectivity index (χ2v) is 8.42. The van der Waals surface area contributed by atoms with E-state index in [4.69, 9.17) is 0 Å². The van der Waals surface area contributed by atoms with Crippen molar-refractivity contribution < 1.29 is 13.3 Å². The maximum atomic E-state index is 11.9. The van der Waals surface area contributed by atoms with E-state index in [0.717, 1.165) is 28.9 Å². The second-order valence-electron chi connectivity index (χ2n) is 6.43. The highest BCUT2D eigenvalue weighted by atomic mass is 32.2. The number of benzene rings is 2. The van der Waals surface area contributed by atoms with Gasteiger partial charge in [0.2, 0.25) is 0 Å². The number of nitro groups is 1. The molecule has 0 spiro atoms. The minimum atomic E-state index is -3.73. The average Bonchev–Trinajstić information content (AvgIpc) is 2.93. The molecule has 0 unspecified atom stereocenters. The van der Waals surface area contributed by atoms with Crippen LogP contribution in [-0.4, -0.2) is 29.4 Å². The monoisotopic (exact) mass is 400 g/mol. The number of nitrogens with one attached hydrogen (secondary N) is 1. The Morgan fingerprint density at radius 3 is 2.39 bits per heavy atom. The molecule has 0 aliphatic rings. The lowest BCUT2D eigenvalue weighted by atomic mass is 10.2. The first-order chi connectivity index (χ1) is 13.2. The number of rotatable bonds is 6. The summed E-state index contributed by atoms with van der Waals surface area (Å²) in [5.41, 5.74) is 3.20. The Hall–Kier alpha value is -3.20. The number of sulfone groups is 1. The van der Waals surface area contributed by atoms with E-state index >= 15 is 0 Å². The zero-order valence-corrected chi connectivity index (χ0v) is 16.5. The number of hydrogen-bond acceptors (Lipinski definition) is 6. The largest absolute Gasteiger partial charge is 0.375 e. The molecule has 28 heavy (non-hydrogen) atoms. The quantitative estimate of drug-likeness (QED) is 0.502. The zero-order valence-electron chi connectivity index (χ0n) is 15.7. The van der Waals surface area contributed by atoms with Crippen molar-refractivity contribution in [3.05, 3.63) is 75.6 Å². The van der Waals surface area contributed by atoms with Crippen molar-refractivity contribution in [3.63, 3.8) is 0 Å². The number of hydrogen-bond donors (Lipinski definition) is 1.